The van der Waals surface area contributed by atoms with E-state index >= 15 is 0 Å². The molecule has 1 rings (SSSR count). The number of carbonyl (C=O) groups is 2. The molecule has 98 valence electrons. The largest absolute Gasteiger partial charge is 0.350 e. The molecule has 0 bridgehead atoms. The zero-order chi connectivity index (χ0) is 13.7. The number of nitrogens with one attached hydrogen (secondary N) is 2. The highest BCUT2D eigenvalue weighted by molar-refractivity contribution is 9.10. The summed E-state index contributed by atoms with van der Waals surface area (Å²) in [7, 11) is 0. The van der Waals surface area contributed by atoms with Gasteiger partial charge in [0.15, 0.2) is 0 Å². The second-order valence-corrected chi connectivity index (χ2v) is 5.69. The van der Waals surface area contributed by atoms with Gasteiger partial charge in [0.2, 0.25) is 5.91 Å². The molecule has 5 heteroatoms. The van der Waals surface area contributed by atoms with Crippen molar-refractivity contribution in [3.05, 3.63) is 29.8 Å². The van der Waals surface area contributed by atoms with Crippen LogP contribution in [0.4, 0.5) is 5.69 Å². The highest BCUT2D eigenvalue weighted by Gasteiger charge is 2.11. The van der Waals surface area contributed by atoms with Crippen molar-refractivity contribution in [1.82, 2.24) is 5.32 Å². The van der Waals surface area contributed by atoms with Gasteiger partial charge in [0, 0.05) is 17.3 Å². The van der Waals surface area contributed by atoms with Crippen LogP contribution in [0, 0.1) is 0 Å². The molecule has 0 saturated heterocycles. The van der Waals surface area contributed by atoms with Crippen LogP contribution in [0.5, 0.6) is 0 Å². The normalized spacial score (nSPS) is 12.1. The lowest BCUT2D eigenvalue weighted by Gasteiger charge is -2.10. The standard InChI is InChI=1S/C13H17BrN2O2/c1-8(2)15-13(18)10-5-4-6-11(7-10)16-12(17)9(3)14/h4-9H,1-3H3,(H,15,18)(H,16,17). The third-order valence-electron chi connectivity index (χ3n) is 2.17. The highest BCUT2D eigenvalue weighted by Crippen LogP contribution is 2.12. The molecular weight excluding hydrogens is 296 g/mol. The summed E-state index contributed by atoms with van der Waals surface area (Å²) in [5, 5.41) is 5.53. The number of carbonyl (C=O) groups excluding carboxylic acids is 2. The maximum absolute atomic E-state index is 11.8. The lowest BCUT2D eigenvalue weighted by molar-refractivity contribution is -0.115. The molecule has 1 unspecified atom stereocenters. The van der Waals surface area contributed by atoms with E-state index in [-0.39, 0.29) is 22.7 Å². The molecule has 0 aliphatic carbocycles. The Morgan fingerprint density at radius 3 is 2.44 bits per heavy atom. The fourth-order valence-electron chi connectivity index (χ4n) is 1.33. The molecule has 2 amide bonds. The van der Waals surface area contributed by atoms with Gasteiger partial charge in [0.1, 0.15) is 0 Å². The van der Waals surface area contributed by atoms with Crippen LogP contribution in [0.1, 0.15) is 31.1 Å². The average molecular weight is 313 g/mol. The van der Waals surface area contributed by atoms with Crippen molar-refractivity contribution in [2.75, 3.05) is 5.32 Å². The van der Waals surface area contributed by atoms with Crippen molar-refractivity contribution in [3.8, 4) is 0 Å². The van der Waals surface area contributed by atoms with Gasteiger partial charge in [-0.1, -0.05) is 22.0 Å². The minimum Gasteiger partial charge on any atom is -0.350 e. The van der Waals surface area contributed by atoms with Gasteiger partial charge < -0.3 is 10.6 Å². The predicted molar refractivity (Wildman–Crippen MR) is 76.1 cm³/mol. The van der Waals surface area contributed by atoms with Crippen LogP contribution >= 0.6 is 15.9 Å². The lowest BCUT2D eigenvalue weighted by atomic mass is 10.1. The summed E-state index contributed by atoms with van der Waals surface area (Å²) in [4.78, 5) is 23.0. The van der Waals surface area contributed by atoms with E-state index in [0.29, 0.717) is 11.3 Å². The van der Waals surface area contributed by atoms with Gasteiger partial charge in [-0.25, -0.2) is 0 Å². The van der Waals surface area contributed by atoms with Crippen LogP contribution in [-0.2, 0) is 4.79 Å². The van der Waals surface area contributed by atoms with Crippen LogP contribution in [0.15, 0.2) is 24.3 Å². The Morgan fingerprint density at radius 2 is 1.89 bits per heavy atom. The van der Waals surface area contributed by atoms with Crippen LogP contribution < -0.4 is 10.6 Å². The Hall–Kier alpha value is -1.36. The maximum Gasteiger partial charge on any atom is 0.251 e. The molecule has 0 spiro atoms. The summed E-state index contributed by atoms with van der Waals surface area (Å²) in [6.07, 6.45) is 0. The maximum atomic E-state index is 11.8. The monoisotopic (exact) mass is 312 g/mol. The average Bonchev–Trinajstić information content (AvgIpc) is 2.28. The van der Waals surface area contributed by atoms with Gasteiger partial charge in [0.25, 0.3) is 5.91 Å². The first-order valence-electron chi connectivity index (χ1n) is 5.76. The predicted octanol–water partition coefficient (Wildman–Crippen LogP) is 2.55. The van der Waals surface area contributed by atoms with Crippen molar-refractivity contribution in [2.45, 2.75) is 31.6 Å². The summed E-state index contributed by atoms with van der Waals surface area (Å²) in [6, 6.07) is 6.94. The van der Waals surface area contributed by atoms with E-state index in [4.69, 9.17) is 0 Å². The van der Waals surface area contributed by atoms with E-state index in [2.05, 4.69) is 26.6 Å². The van der Waals surface area contributed by atoms with E-state index < -0.39 is 0 Å². The van der Waals surface area contributed by atoms with Crippen molar-refractivity contribution in [2.24, 2.45) is 0 Å². The van der Waals surface area contributed by atoms with Crippen LogP contribution in [-0.4, -0.2) is 22.7 Å². The van der Waals surface area contributed by atoms with E-state index in [1.807, 2.05) is 13.8 Å². The Morgan fingerprint density at radius 1 is 1.22 bits per heavy atom. The van der Waals surface area contributed by atoms with Gasteiger partial charge in [-0.2, -0.15) is 0 Å². The van der Waals surface area contributed by atoms with Crippen LogP contribution in [0.25, 0.3) is 0 Å². The molecule has 1 aromatic rings. The number of amides is 2. The van der Waals surface area contributed by atoms with E-state index in [1.54, 1.807) is 31.2 Å². The molecule has 18 heavy (non-hydrogen) atoms. The van der Waals surface area contributed by atoms with Crippen molar-refractivity contribution < 1.29 is 9.59 Å². The minimum atomic E-state index is -0.273. The summed E-state index contributed by atoms with van der Waals surface area (Å²) >= 11 is 3.19. The molecule has 0 aromatic heterocycles. The zero-order valence-corrected chi connectivity index (χ0v) is 12.2. The molecule has 2 N–H and O–H groups in total. The molecule has 0 aliphatic rings. The molecular formula is C13H17BrN2O2. The first-order chi connectivity index (χ1) is 8.40. The van der Waals surface area contributed by atoms with Gasteiger partial charge in [-0.05, 0) is 39.0 Å². The summed E-state index contributed by atoms with van der Waals surface area (Å²) in [6.45, 7) is 5.54. The van der Waals surface area contributed by atoms with Gasteiger partial charge in [-0.15, -0.1) is 0 Å². The fourth-order valence-corrected chi connectivity index (χ4v) is 1.44. The smallest absolute Gasteiger partial charge is 0.251 e. The Kier molecular flexibility index (Phi) is 5.34. The number of hydrogen-bond acceptors (Lipinski definition) is 2. The first kappa shape index (κ1) is 14.7. The molecule has 1 aromatic carbocycles. The summed E-state index contributed by atoms with van der Waals surface area (Å²) < 4.78 is 0. The topological polar surface area (TPSA) is 58.2 Å². The van der Waals surface area contributed by atoms with Gasteiger partial charge >= 0.3 is 0 Å². The minimum absolute atomic E-state index is 0.0818. The third kappa shape index (κ3) is 4.49. The van der Waals surface area contributed by atoms with E-state index in [9.17, 15) is 9.59 Å². The van der Waals surface area contributed by atoms with Gasteiger partial charge in [0.05, 0.1) is 4.83 Å². The van der Waals surface area contributed by atoms with Crippen molar-refractivity contribution in [3.63, 3.8) is 0 Å². The van der Waals surface area contributed by atoms with Crippen LogP contribution in [0.3, 0.4) is 0 Å². The molecule has 1 atom stereocenters. The Bertz CT molecular complexity index is 444. The molecule has 4 nitrogen and oxygen atoms in total. The Balaban J connectivity index is 2.79. The quantitative estimate of drug-likeness (QED) is 0.839. The second-order valence-electron chi connectivity index (χ2n) is 4.31. The molecule has 0 heterocycles. The number of anilines is 1. The number of halogens is 1. The molecule has 0 radical (unpaired) electrons. The number of alkyl halides is 1. The number of benzene rings is 1. The summed E-state index contributed by atoms with van der Waals surface area (Å²) in [5.41, 5.74) is 1.14. The fraction of sp³-hybridized carbons (Fsp3) is 0.385. The Labute approximate surface area is 115 Å². The number of hydrogen-bond donors (Lipinski definition) is 2. The molecule has 0 aliphatic heterocycles. The third-order valence-corrected chi connectivity index (χ3v) is 2.59. The first-order valence-corrected chi connectivity index (χ1v) is 6.67. The second kappa shape index (κ2) is 6.54. The molecule has 0 saturated carbocycles. The highest BCUT2D eigenvalue weighted by atomic mass is 79.9. The zero-order valence-electron chi connectivity index (χ0n) is 10.7. The lowest BCUT2D eigenvalue weighted by Crippen LogP contribution is -2.30. The van der Waals surface area contributed by atoms with Gasteiger partial charge in [-0.3, -0.25) is 9.59 Å². The van der Waals surface area contributed by atoms with Crippen molar-refractivity contribution in [1.29, 1.82) is 0 Å². The van der Waals surface area contributed by atoms with Crippen LogP contribution in [0.2, 0.25) is 0 Å². The summed E-state index contributed by atoms with van der Waals surface area (Å²) in [5.74, 6) is -0.288. The SMILES string of the molecule is CC(C)NC(=O)c1cccc(NC(=O)C(C)Br)c1. The van der Waals surface area contributed by atoms with E-state index in [0.717, 1.165) is 0 Å². The van der Waals surface area contributed by atoms with Crippen molar-refractivity contribution >= 4 is 33.4 Å². The number of rotatable bonds is 4. The van der Waals surface area contributed by atoms with E-state index in [1.165, 1.54) is 0 Å². The molecule has 0 fully saturated rings.